The van der Waals surface area contributed by atoms with Crippen LogP contribution in [0.1, 0.15) is 16.2 Å². The van der Waals surface area contributed by atoms with Gasteiger partial charge in [0.15, 0.2) is 5.58 Å². The van der Waals surface area contributed by atoms with Crippen LogP contribution in [0.15, 0.2) is 22.6 Å². The maximum absolute atomic E-state index is 12.3. The predicted octanol–water partition coefficient (Wildman–Crippen LogP) is 1.52. The number of hydrogen-bond acceptors (Lipinski definition) is 4. The van der Waals surface area contributed by atoms with Gasteiger partial charge in [-0.25, -0.2) is 4.98 Å². The topological polar surface area (TPSA) is 49.6 Å². The van der Waals surface area contributed by atoms with E-state index < -0.39 is 0 Å². The quantitative estimate of drug-likeness (QED) is 0.779. The summed E-state index contributed by atoms with van der Waals surface area (Å²) in [7, 11) is 2.06. The summed E-state index contributed by atoms with van der Waals surface area (Å²) < 4.78 is 5.55. The number of hydrogen-bond donors (Lipinski definition) is 0. The van der Waals surface area contributed by atoms with E-state index in [0.29, 0.717) is 5.58 Å². The fourth-order valence-electron chi connectivity index (χ4n) is 2.27. The molecule has 5 nitrogen and oxygen atoms in total. The number of likely N-dealkylation sites (N-methyl/N-ethyl adjacent to an activating group) is 1. The molecule has 0 radical (unpaired) electrons. The Balaban J connectivity index is 1.85. The number of aromatic nitrogens is 1. The van der Waals surface area contributed by atoms with E-state index in [2.05, 4.69) is 16.9 Å². The number of amides is 1. The van der Waals surface area contributed by atoms with Gasteiger partial charge in [-0.15, -0.1) is 0 Å². The number of nitrogens with zero attached hydrogens (tertiary/aromatic N) is 3. The Kier molecular flexibility index (Phi) is 2.98. The minimum atomic E-state index is -0.109. The van der Waals surface area contributed by atoms with Crippen molar-refractivity contribution in [1.82, 2.24) is 14.8 Å². The molecule has 3 rings (SSSR count). The minimum Gasteiger partial charge on any atom is -0.432 e. The molecular formula is C14H17N3O2. The molecule has 5 heteroatoms. The van der Waals surface area contributed by atoms with E-state index >= 15 is 0 Å². The molecule has 1 fully saturated rings. The second kappa shape index (κ2) is 4.66. The molecule has 1 aromatic heterocycles. The normalized spacial score (nSPS) is 17.1. The number of benzene rings is 1. The van der Waals surface area contributed by atoms with Gasteiger partial charge in [0.25, 0.3) is 5.89 Å². The molecule has 1 saturated heterocycles. The van der Waals surface area contributed by atoms with Gasteiger partial charge in [-0.1, -0.05) is 6.07 Å². The van der Waals surface area contributed by atoms with Crippen molar-refractivity contribution < 1.29 is 9.21 Å². The maximum atomic E-state index is 12.3. The van der Waals surface area contributed by atoms with Crippen LogP contribution in [-0.4, -0.2) is 53.9 Å². The van der Waals surface area contributed by atoms with Crippen molar-refractivity contribution in [2.24, 2.45) is 0 Å². The van der Waals surface area contributed by atoms with Crippen LogP contribution >= 0.6 is 0 Å². The number of fused-ring (bicyclic) bond motifs is 1. The monoisotopic (exact) mass is 259 g/mol. The molecule has 1 aromatic carbocycles. The van der Waals surface area contributed by atoms with E-state index in [0.717, 1.165) is 37.3 Å². The van der Waals surface area contributed by atoms with Crippen molar-refractivity contribution >= 4 is 17.0 Å². The molecule has 2 heterocycles. The molecule has 0 saturated carbocycles. The highest BCUT2D eigenvalue weighted by Gasteiger charge is 2.24. The highest BCUT2D eigenvalue weighted by atomic mass is 16.4. The van der Waals surface area contributed by atoms with Gasteiger partial charge in [-0.3, -0.25) is 4.79 Å². The van der Waals surface area contributed by atoms with Crippen molar-refractivity contribution in [1.29, 1.82) is 0 Å². The lowest BCUT2D eigenvalue weighted by atomic mass is 10.2. The zero-order chi connectivity index (χ0) is 13.4. The molecule has 0 N–H and O–H groups in total. The van der Waals surface area contributed by atoms with Crippen LogP contribution in [0.25, 0.3) is 11.1 Å². The Hall–Kier alpha value is -1.88. The van der Waals surface area contributed by atoms with E-state index in [4.69, 9.17) is 4.42 Å². The fraction of sp³-hybridized carbons (Fsp3) is 0.429. The Bertz CT molecular complexity index is 612. The number of rotatable bonds is 1. The third-order valence-electron chi connectivity index (χ3n) is 3.52. The standard InChI is InChI=1S/C14H17N3O2/c1-10-3-4-12-11(9-10)15-13(19-12)14(18)17-7-5-16(2)6-8-17/h3-4,9H,5-8H2,1-2H3. The number of piperazine rings is 1. The predicted molar refractivity (Wildman–Crippen MR) is 72.1 cm³/mol. The minimum absolute atomic E-state index is 0.109. The van der Waals surface area contributed by atoms with Crippen molar-refractivity contribution in [3.05, 3.63) is 29.7 Å². The summed E-state index contributed by atoms with van der Waals surface area (Å²) >= 11 is 0. The molecule has 1 aliphatic rings. The second-order valence-corrected chi connectivity index (χ2v) is 5.09. The summed E-state index contributed by atoms with van der Waals surface area (Å²) in [6.45, 7) is 5.24. The summed E-state index contributed by atoms with van der Waals surface area (Å²) in [5.41, 5.74) is 2.53. The van der Waals surface area contributed by atoms with Crippen LogP contribution in [0.5, 0.6) is 0 Å². The van der Waals surface area contributed by atoms with Gasteiger partial charge in [-0.05, 0) is 31.7 Å². The highest BCUT2D eigenvalue weighted by Crippen LogP contribution is 2.18. The summed E-state index contributed by atoms with van der Waals surface area (Å²) in [4.78, 5) is 20.6. The van der Waals surface area contributed by atoms with Crippen molar-refractivity contribution in [2.75, 3.05) is 33.2 Å². The number of oxazole rings is 1. The molecule has 1 aliphatic heterocycles. The molecule has 0 bridgehead atoms. The van der Waals surface area contributed by atoms with E-state index in [1.807, 2.05) is 25.1 Å². The molecule has 0 atom stereocenters. The van der Waals surface area contributed by atoms with Gasteiger partial charge in [-0.2, -0.15) is 0 Å². The number of carbonyl (C=O) groups is 1. The van der Waals surface area contributed by atoms with Gasteiger partial charge < -0.3 is 14.2 Å². The molecule has 0 aliphatic carbocycles. The van der Waals surface area contributed by atoms with Gasteiger partial charge >= 0.3 is 5.91 Å². The molecule has 0 spiro atoms. The first kappa shape index (κ1) is 12.2. The third kappa shape index (κ3) is 2.33. The van der Waals surface area contributed by atoms with E-state index in [9.17, 15) is 4.79 Å². The van der Waals surface area contributed by atoms with Gasteiger partial charge in [0.2, 0.25) is 0 Å². The Morgan fingerprint density at radius 2 is 2.00 bits per heavy atom. The van der Waals surface area contributed by atoms with Crippen molar-refractivity contribution in [2.45, 2.75) is 6.92 Å². The zero-order valence-corrected chi connectivity index (χ0v) is 11.2. The van der Waals surface area contributed by atoms with Gasteiger partial charge in [0.1, 0.15) is 5.52 Å². The molecule has 1 amide bonds. The molecular weight excluding hydrogens is 242 g/mol. The van der Waals surface area contributed by atoms with Crippen LogP contribution in [0.4, 0.5) is 0 Å². The van der Waals surface area contributed by atoms with Gasteiger partial charge in [0, 0.05) is 26.2 Å². The molecule has 19 heavy (non-hydrogen) atoms. The first-order chi connectivity index (χ1) is 9.13. The fourth-order valence-corrected chi connectivity index (χ4v) is 2.27. The van der Waals surface area contributed by atoms with Crippen LogP contribution < -0.4 is 0 Å². The lowest BCUT2D eigenvalue weighted by Crippen LogP contribution is -2.47. The summed E-state index contributed by atoms with van der Waals surface area (Å²) in [6, 6.07) is 5.75. The molecule has 0 unspecified atom stereocenters. The Morgan fingerprint density at radius 1 is 1.26 bits per heavy atom. The number of carbonyl (C=O) groups excluding carboxylic acids is 1. The van der Waals surface area contributed by atoms with Crippen LogP contribution in [0.2, 0.25) is 0 Å². The van der Waals surface area contributed by atoms with E-state index in [-0.39, 0.29) is 11.8 Å². The molecule has 2 aromatic rings. The van der Waals surface area contributed by atoms with Crippen molar-refractivity contribution in [3.8, 4) is 0 Å². The first-order valence-corrected chi connectivity index (χ1v) is 6.48. The van der Waals surface area contributed by atoms with Crippen molar-refractivity contribution in [3.63, 3.8) is 0 Å². The Morgan fingerprint density at radius 3 is 2.74 bits per heavy atom. The van der Waals surface area contributed by atoms with E-state index in [1.165, 1.54) is 0 Å². The lowest BCUT2D eigenvalue weighted by Gasteiger charge is -2.31. The van der Waals surface area contributed by atoms with Crippen LogP contribution in [0.3, 0.4) is 0 Å². The summed E-state index contributed by atoms with van der Waals surface area (Å²) in [5, 5.41) is 0. The van der Waals surface area contributed by atoms with Gasteiger partial charge in [0.05, 0.1) is 0 Å². The SMILES string of the molecule is Cc1ccc2oc(C(=O)N3CCN(C)CC3)nc2c1. The molecule has 100 valence electrons. The largest absolute Gasteiger partial charge is 0.432 e. The zero-order valence-electron chi connectivity index (χ0n) is 11.2. The highest BCUT2D eigenvalue weighted by molar-refractivity contribution is 5.92. The first-order valence-electron chi connectivity index (χ1n) is 6.48. The maximum Gasteiger partial charge on any atom is 0.309 e. The third-order valence-corrected chi connectivity index (χ3v) is 3.52. The lowest BCUT2D eigenvalue weighted by molar-refractivity contribution is 0.0627. The second-order valence-electron chi connectivity index (χ2n) is 5.09. The van der Waals surface area contributed by atoms with Crippen LogP contribution in [0, 0.1) is 6.92 Å². The van der Waals surface area contributed by atoms with E-state index in [1.54, 1.807) is 4.90 Å². The Labute approximate surface area is 111 Å². The van der Waals surface area contributed by atoms with Crippen LogP contribution in [-0.2, 0) is 0 Å². The average molecular weight is 259 g/mol. The number of aryl methyl sites for hydroxylation is 1. The average Bonchev–Trinajstić information content (AvgIpc) is 2.81. The smallest absolute Gasteiger partial charge is 0.309 e. The summed E-state index contributed by atoms with van der Waals surface area (Å²) in [6.07, 6.45) is 0. The summed E-state index contributed by atoms with van der Waals surface area (Å²) in [5.74, 6) is 0.0899.